The van der Waals surface area contributed by atoms with Gasteiger partial charge in [-0.2, -0.15) is 4.31 Å². The van der Waals surface area contributed by atoms with Crippen LogP contribution in [0.4, 0.5) is 5.69 Å². The average molecular weight is 324 g/mol. The highest BCUT2D eigenvalue weighted by atomic mass is 32.2. The molecule has 120 valence electrons. The second-order valence-corrected chi connectivity index (χ2v) is 7.56. The molecule has 0 unspecified atom stereocenters. The van der Waals surface area contributed by atoms with E-state index in [-0.39, 0.29) is 10.8 Å². The van der Waals surface area contributed by atoms with Crippen molar-refractivity contribution in [2.45, 2.75) is 36.7 Å². The van der Waals surface area contributed by atoms with E-state index in [4.69, 9.17) is 4.74 Å². The Bertz CT molecular complexity index is 630. The molecule has 3 rings (SSSR count). The van der Waals surface area contributed by atoms with Crippen molar-refractivity contribution in [3.05, 3.63) is 24.3 Å². The zero-order valence-electron chi connectivity index (χ0n) is 12.3. The van der Waals surface area contributed by atoms with Crippen LogP contribution in [0, 0.1) is 0 Å². The van der Waals surface area contributed by atoms with Crippen LogP contribution in [-0.4, -0.2) is 44.4 Å². The van der Waals surface area contributed by atoms with E-state index >= 15 is 0 Å². The lowest BCUT2D eigenvalue weighted by molar-refractivity contribution is -0.124. The Hall–Kier alpha value is -1.44. The molecular formula is C15H20N2O4S. The molecule has 0 saturated carbocycles. The summed E-state index contributed by atoms with van der Waals surface area (Å²) >= 11 is 0. The van der Waals surface area contributed by atoms with Crippen molar-refractivity contribution in [1.82, 2.24) is 4.31 Å². The molecule has 1 atom stereocenters. The Balaban J connectivity index is 1.68. The van der Waals surface area contributed by atoms with Gasteiger partial charge in [-0.1, -0.05) is 0 Å². The van der Waals surface area contributed by atoms with Gasteiger partial charge in [-0.05, 0) is 49.9 Å². The Morgan fingerprint density at radius 3 is 2.41 bits per heavy atom. The van der Waals surface area contributed by atoms with Crippen LogP contribution in [0.5, 0.6) is 0 Å². The summed E-state index contributed by atoms with van der Waals surface area (Å²) in [5.74, 6) is -0.173. The second-order valence-electron chi connectivity index (χ2n) is 5.63. The molecule has 0 bridgehead atoms. The van der Waals surface area contributed by atoms with E-state index < -0.39 is 16.1 Å². The number of ether oxygens (including phenoxy) is 1. The van der Waals surface area contributed by atoms with Crippen LogP contribution in [0.25, 0.3) is 0 Å². The van der Waals surface area contributed by atoms with Gasteiger partial charge in [0, 0.05) is 25.4 Å². The molecule has 1 aromatic carbocycles. The van der Waals surface area contributed by atoms with Gasteiger partial charge in [0.1, 0.15) is 6.10 Å². The van der Waals surface area contributed by atoms with Gasteiger partial charge in [-0.3, -0.25) is 4.79 Å². The lowest BCUT2D eigenvalue weighted by Crippen LogP contribution is -2.28. The average Bonchev–Trinajstić information content (AvgIpc) is 3.21. The third-order valence-corrected chi connectivity index (χ3v) is 5.96. The molecule has 2 fully saturated rings. The number of rotatable bonds is 4. The molecule has 22 heavy (non-hydrogen) atoms. The predicted octanol–water partition coefficient (Wildman–Crippen LogP) is 1.59. The number of sulfonamides is 1. The van der Waals surface area contributed by atoms with Gasteiger partial charge in [0.2, 0.25) is 10.0 Å². The number of carbonyl (C=O) groups excluding carboxylic acids is 1. The number of hydrogen-bond donors (Lipinski definition) is 1. The summed E-state index contributed by atoms with van der Waals surface area (Å²) in [6, 6.07) is 6.32. The van der Waals surface area contributed by atoms with Crippen molar-refractivity contribution in [2.75, 3.05) is 25.0 Å². The van der Waals surface area contributed by atoms with E-state index in [1.54, 1.807) is 24.3 Å². The van der Waals surface area contributed by atoms with Gasteiger partial charge in [-0.25, -0.2) is 8.42 Å². The Kier molecular flexibility index (Phi) is 4.46. The van der Waals surface area contributed by atoms with E-state index in [1.807, 2.05) is 0 Å². The van der Waals surface area contributed by atoms with E-state index in [2.05, 4.69) is 5.32 Å². The third-order valence-electron chi connectivity index (χ3n) is 4.05. The minimum Gasteiger partial charge on any atom is -0.368 e. The zero-order chi connectivity index (χ0) is 15.6. The van der Waals surface area contributed by atoms with Crippen LogP contribution in [0.3, 0.4) is 0 Å². The first-order valence-electron chi connectivity index (χ1n) is 7.60. The SMILES string of the molecule is O=C(Nc1ccc(S(=O)(=O)N2CCCC2)cc1)[C@H]1CCCO1. The summed E-state index contributed by atoms with van der Waals surface area (Å²) < 4.78 is 31.6. The molecular weight excluding hydrogens is 304 g/mol. The fourth-order valence-electron chi connectivity index (χ4n) is 2.79. The first-order valence-corrected chi connectivity index (χ1v) is 9.04. The van der Waals surface area contributed by atoms with Crippen molar-refractivity contribution in [1.29, 1.82) is 0 Å². The Labute approximate surface area is 130 Å². The monoisotopic (exact) mass is 324 g/mol. The van der Waals surface area contributed by atoms with Gasteiger partial charge < -0.3 is 10.1 Å². The zero-order valence-corrected chi connectivity index (χ0v) is 13.1. The number of anilines is 1. The van der Waals surface area contributed by atoms with Gasteiger partial charge >= 0.3 is 0 Å². The maximum Gasteiger partial charge on any atom is 0.253 e. The predicted molar refractivity (Wildman–Crippen MR) is 82.0 cm³/mol. The van der Waals surface area contributed by atoms with Gasteiger partial charge in [-0.15, -0.1) is 0 Å². The molecule has 2 saturated heterocycles. The highest BCUT2D eigenvalue weighted by molar-refractivity contribution is 7.89. The maximum absolute atomic E-state index is 12.4. The minimum atomic E-state index is -3.40. The molecule has 1 aromatic rings. The standard InChI is InChI=1S/C15H20N2O4S/c18-15(14-4-3-11-21-14)16-12-5-7-13(8-6-12)22(19,20)17-9-1-2-10-17/h5-8,14H,1-4,9-11H2,(H,16,18)/t14-/m1/s1. The number of benzene rings is 1. The summed E-state index contributed by atoms with van der Waals surface area (Å²) in [6.45, 7) is 1.78. The highest BCUT2D eigenvalue weighted by Crippen LogP contribution is 2.22. The minimum absolute atomic E-state index is 0.173. The molecule has 0 radical (unpaired) electrons. The molecule has 0 aliphatic carbocycles. The molecule has 2 aliphatic heterocycles. The Morgan fingerprint density at radius 1 is 1.14 bits per heavy atom. The molecule has 2 aliphatic rings. The fraction of sp³-hybridized carbons (Fsp3) is 0.533. The van der Waals surface area contributed by atoms with Gasteiger partial charge in [0.15, 0.2) is 0 Å². The van der Waals surface area contributed by atoms with Crippen molar-refractivity contribution >= 4 is 21.6 Å². The summed E-state index contributed by atoms with van der Waals surface area (Å²) in [5.41, 5.74) is 0.584. The number of carbonyl (C=O) groups is 1. The normalized spacial score (nSPS) is 22.8. The summed E-state index contributed by atoms with van der Waals surface area (Å²) in [5, 5.41) is 2.76. The van der Waals surface area contributed by atoms with Gasteiger partial charge in [0.05, 0.1) is 4.90 Å². The van der Waals surface area contributed by atoms with Crippen LogP contribution in [0.15, 0.2) is 29.2 Å². The molecule has 0 aromatic heterocycles. The van der Waals surface area contributed by atoms with Crippen LogP contribution >= 0.6 is 0 Å². The van der Waals surface area contributed by atoms with Crippen LogP contribution in [0.1, 0.15) is 25.7 Å². The van der Waals surface area contributed by atoms with Crippen molar-refractivity contribution in [3.63, 3.8) is 0 Å². The number of nitrogens with one attached hydrogen (secondary N) is 1. The summed E-state index contributed by atoms with van der Waals surface area (Å²) in [4.78, 5) is 12.2. The summed E-state index contributed by atoms with van der Waals surface area (Å²) in [7, 11) is -3.40. The second kappa shape index (κ2) is 6.36. The maximum atomic E-state index is 12.4. The van der Waals surface area contributed by atoms with Crippen molar-refractivity contribution in [3.8, 4) is 0 Å². The first kappa shape index (κ1) is 15.5. The van der Waals surface area contributed by atoms with Crippen LogP contribution in [0.2, 0.25) is 0 Å². The van der Waals surface area contributed by atoms with E-state index in [9.17, 15) is 13.2 Å². The summed E-state index contributed by atoms with van der Waals surface area (Å²) in [6.07, 6.45) is 3.05. The quantitative estimate of drug-likeness (QED) is 0.912. The lowest BCUT2D eigenvalue weighted by Gasteiger charge is -2.16. The number of amides is 1. The molecule has 0 spiro atoms. The number of nitrogens with zero attached hydrogens (tertiary/aromatic N) is 1. The molecule has 6 nitrogen and oxygen atoms in total. The topological polar surface area (TPSA) is 75.7 Å². The fourth-order valence-corrected chi connectivity index (χ4v) is 4.31. The lowest BCUT2D eigenvalue weighted by atomic mass is 10.2. The van der Waals surface area contributed by atoms with Crippen molar-refractivity contribution < 1.29 is 17.9 Å². The van der Waals surface area contributed by atoms with Crippen LogP contribution < -0.4 is 5.32 Å². The van der Waals surface area contributed by atoms with E-state index in [1.165, 1.54) is 4.31 Å². The highest BCUT2D eigenvalue weighted by Gasteiger charge is 2.27. The van der Waals surface area contributed by atoms with Crippen molar-refractivity contribution in [2.24, 2.45) is 0 Å². The first-order chi connectivity index (χ1) is 10.6. The van der Waals surface area contributed by atoms with E-state index in [0.29, 0.717) is 25.4 Å². The molecule has 2 heterocycles. The molecule has 1 N–H and O–H groups in total. The largest absolute Gasteiger partial charge is 0.368 e. The molecule has 1 amide bonds. The van der Waals surface area contributed by atoms with Gasteiger partial charge in [0.25, 0.3) is 5.91 Å². The smallest absolute Gasteiger partial charge is 0.253 e. The van der Waals surface area contributed by atoms with Crippen LogP contribution in [-0.2, 0) is 19.6 Å². The Morgan fingerprint density at radius 2 is 1.82 bits per heavy atom. The molecule has 7 heteroatoms. The third kappa shape index (κ3) is 3.16. The van der Waals surface area contributed by atoms with E-state index in [0.717, 1.165) is 25.7 Å². The number of hydrogen-bond acceptors (Lipinski definition) is 4.